The quantitative estimate of drug-likeness (QED) is 0.318. The molecule has 0 aromatic heterocycles. The van der Waals surface area contributed by atoms with E-state index in [-0.39, 0.29) is 11.6 Å². The van der Waals surface area contributed by atoms with Crippen LogP contribution < -0.4 is 0 Å². The van der Waals surface area contributed by atoms with E-state index in [4.69, 9.17) is 0 Å². The summed E-state index contributed by atoms with van der Waals surface area (Å²) in [6, 6.07) is 13.9. The van der Waals surface area contributed by atoms with Gasteiger partial charge in [-0.2, -0.15) is 0 Å². The molecule has 0 atom stereocenters. The molecule has 0 bridgehead atoms. The largest absolute Gasteiger partial charge is 0.289 e. The SMILES string of the molecule is CC1=C(C/C=C(\C)CC/C=C(\C)CC/C=C(\C)Cc2ccc(C)c(C)c2)C(=O)c2ccccc2C1=O. The Kier molecular flexibility index (Phi) is 9.58. The minimum Gasteiger partial charge on any atom is -0.289 e. The van der Waals surface area contributed by atoms with Gasteiger partial charge in [0.1, 0.15) is 0 Å². The number of hydrogen-bond acceptors (Lipinski definition) is 2. The normalized spacial score (nSPS) is 15.0. The predicted octanol–water partition coefficient (Wildman–Crippen LogP) is 9.03. The molecule has 2 nitrogen and oxygen atoms in total. The van der Waals surface area contributed by atoms with Crippen LogP contribution in [0.4, 0.5) is 0 Å². The first-order chi connectivity index (χ1) is 17.2. The van der Waals surface area contributed by atoms with Crippen molar-refractivity contribution in [3.05, 3.63) is 116 Å². The van der Waals surface area contributed by atoms with E-state index in [0.717, 1.165) is 32.1 Å². The molecule has 0 fully saturated rings. The van der Waals surface area contributed by atoms with Crippen LogP contribution in [0.1, 0.15) is 97.2 Å². The molecule has 0 saturated heterocycles. The van der Waals surface area contributed by atoms with Crippen LogP contribution >= 0.6 is 0 Å². The van der Waals surface area contributed by atoms with Crippen molar-refractivity contribution < 1.29 is 9.59 Å². The summed E-state index contributed by atoms with van der Waals surface area (Å²) in [5.74, 6) is -0.0357. The van der Waals surface area contributed by atoms with Crippen LogP contribution in [0.15, 0.2) is 88.6 Å². The molecule has 2 heteroatoms. The van der Waals surface area contributed by atoms with Gasteiger partial charge < -0.3 is 0 Å². The van der Waals surface area contributed by atoms with Gasteiger partial charge in [-0.05, 0) is 96.8 Å². The number of fused-ring (bicyclic) bond motifs is 1. The van der Waals surface area contributed by atoms with Crippen molar-refractivity contribution in [3.8, 4) is 0 Å². The molecule has 1 aliphatic rings. The van der Waals surface area contributed by atoms with E-state index in [1.807, 2.05) is 12.1 Å². The maximum atomic E-state index is 12.9. The number of carbonyl (C=O) groups excluding carboxylic acids is 2. The second kappa shape index (κ2) is 12.6. The Labute approximate surface area is 217 Å². The van der Waals surface area contributed by atoms with Crippen molar-refractivity contribution in [1.82, 2.24) is 0 Å². The summed E-state index contributed by atoms with van der Waals surface area (Å²) in [5, 5.41) is 0. The average molecular weight is 481 g/mol. The van der Waals surface area contributed by atoms with Crippen molar-refractivity contribution in [2.45, 2.75) is 80.1 Å². The molecule has 3 rings (SSSR count). The lowest BCUT2D eigenvalue weighted by Crippen LogP contribution is -2.20. The van der Waals surface area contributed by atoms with E-state index < -0.39 is 0 Å². The molecule has 0 heterocycles. The van der Waals surface area contributed by atoms with Crippen molar-refractivity contribution >= 4 is 11.6 Å². The number of benzene rings is 2. The summed E-state index contributed by atoms with van der Waals surface area (Å²) in [7, 11) is 0. The summed E-state index contributed by atoms with van der Waals surface area (Å²) in [6.07, 6.45) is 12.5. The Morgan fingerprint density at radius 2 is 1.28 bits per heavy atom. The lowest BCUT2D eigenvalue weighted by atomic mass is 9.83. The zero-order valence-electron chi connectivity index (χ0n) is 22.8. The Morgan fingerprint density at radius 3 is 1.92 bits per heavy atom. The van der Waals surface area contributed by atoms with Crippen LogP contribution in [0.3, 0.4) is 0 Å². The highest BCUT2D eigenvalue weighted by atomic mass is 16.1. The molecule has 188 valence electrons. The molecule has 0 spiro atoms. The van der Waals surface area contributed by atoms with Crippen LogP contribution in [0.25, 0.3) is 0 Å². The molecular formula is C34H40O2. The zero-order chi connectivity index (χ0) is 26.2. The number of rotatable bonds is 10. The zero-order valence-corrected chi connectivity index (χ0v) is 22.8. The number of ketones is 2. The van der Waals surface area contributed by atoms with Crippen molar-refractivity contribution in [2.75, 3.05) is 0 Å². The number of carbonyl (C=O) groups is 2. The molecule has 36 heavy (non-hydrogen) atoms. The second-order valence-corrected chi connectivity index (χ2v) is 10.3. The minimum absolute atomic E-state index is 0.0108. The summed E-state index contributed by atoms with van der Waals surface area (Å²) in [6.45, 7) is 12.7. The van der Waals surface area contributed by atoms with Crippen LogP contribution in [0, 0.1) is 13.8 Å². The van der Waals surface area contributed by atoms with Gasteiger partial charge >= 0.3 is 0 Å². The van der Waals surface area contributed by atoms with Gasteiger partial charge in [0, 0.05) is 22.3 Å². The standard InChI is InChI=1S/C34H40O2/c1-23(12-10-14-25(3)21-29-19-18-26(4)27(5)22-29)11-9-13-24(2)17-20-30-28(6)33(35)31-15-7-8-16-32(31)34(30)36/h7-8,11,14-19,22H,9-10,12-13,20-21H2,1-6H3/b23-11+,24-17+,25-14+. The molecule has 0 radical (unpaired) electrons. The third-order valence-electron chi connectivity index (χ3n) is 7.26. The van der Waals surface area contributed by atoms with E-state index in [1.54, 1.807) is 19.1 Å². The molecule has 2 aromatic carbocycles. The Bertz CT molecular complexity index is 1260. The van der Waals surface area contributed by atoms with Crippen molar-refractivity contribution in [1.29, 1.82) is 0 Å². The van der Waals surface area contributed by atoms with Crippen molar-refractivity contribution in [2.24, 2.45) is 0 Å². The van der Waals surface area contributed by atoms with Gasteiger partial charge in [-0.15, -0.1) is 0 Å². The van der Waals surface area contributed by atoms with Gasteiger partial charge in [0.25, 0.3) is 0 Å². The number of Topliss-reactive ketones (excluding diaryl/α,β-unsaturated/α-hetero) is 2. The van der Waals surface area contributed by atoms with Crippen LogP contribution in [0.5, 0.6) is 0 Å². The second-order valence-electron chi connectivity index (χ2n) is 10.3. The topological polar surface area (TPSA) is 34.1 Å². The van der Waals surface area contributed by atoms with Crippen LogP contribution in [-0.2, 0) is 6.42 Å². The highest BCUT2D eigenvalue weighted by molar-refractivity contribution is 6.26. The maximum absolute atomic E-state index is 12.9. The molecule has 0 amide bonds. The molecule has 0 aliphatic heterocycles. The summed E-state index contributed by atoms with van der Waals surface area (Å²) < 4.78 is 0. The molecule has 0 N–H and O–H groups in total. The van der Waals surface area contributed by atoms with Crippen LogP contribution in [0.2, 0.25) is 0 Å². The lowest BCUT2D eigenvalue weighted by molar-refractivity contribution is 0.0973. The predicted molar refractivity (Wildman–Crippen MR) is 152 cm³/mol. The van der Waals surface area contributed by atoms with Gasteiger partial charge in [0.05, 0.1) is 0 Å². The Morgan fingerprint density at radius 1 is 0.694 bits per heavy atom. The number of hydrogen-bond donors (Lipinski definition) is 0. The summed E-state index contributed by atoms with van der Waals surface area (Å²) in [5.41, 5.74) is 10.5. The molecule has 0 unspecified atom stereocenters. The fourth-order valence-electron chi connectivity index (χ4n) is 4.68. The van der Waals surface area contributed by atoms with Gasteiger partial charge in [-0.3, -0.25) is 9.59 Å². The fraction of sp³-hybridized carbons (Fsp3) is 0.353. The monoisotopic (exact) mass is 480 g/mol. The van der Waals surface area contributed by atoms with E-state index in [2.05, 4.69) is 71.0 Å². The number of allylic oxidation sites excluding steroid dienone is 8. The van der Waals surface area contributed by atoms with Crippen molar-refractivity contribution in [3.63, 3.8) is 0 Å². The van der Waals surface area contributed by atoms with Gasteiger partial charge in [0.15, 0.2) is 11.6 Å². The summed E-state index contributed by atoms with van der Waals surface area (Å²) >= 11 is 0. The molecule has 2 aromatic rings. The van der Waals surface area contributed by atoms with Crippen LogP contribution in [-0.4, -0.2) is 11.6 Å². The molecule has 0 saturated carbocycles. The molecule has 1 aliphatic carbocycles. The number of aryl methyl sites for hydroxylation is 2. The lowest BCUT2D eigenvalue weighted by Gasteiger charge is -2.18. The average Bonchev–Trinajstić information content (AvgIpc) is 2.85. The van der Waals surface area contributed by atoms with E-state index in [1.165, 1.54) is 33.4 Å². The Balaban J connectivity index is 1.46. The van der Waals surface area contributed by atoms with Gasteiger partial charge in [-0.1, -0.05) is 77.4 Å². The third-order valence-corrected chi connectivity index (χ3v) is 7.26. The van der Waals surface area contributed by atoms with E-state index >= 15 is 0 Å². The fourth-order valence-corrected chi connectivity index (χ4v) is 4.68. The summed E-state index contributed by atoms with van der Waals surface area (Å²) in [4.78, 5) is 25.6. The van der Waals surface area contributed by atoms with Gasteiger partial charge in [0.2, 0.25) is 0 Å². The van der Waals surface area contributed by atoms with Gasteiger partial charge in [-0.25, -0.2) is 0 Å². The highest BCUT2D eigenvalue weighted by Crippen LogP contribution is 2.28. The Hall–Kier alpha value is -3.26. The maximum Gasteiger partial charge on any atom is 0.190 e. The van der Waals surface area contributed by atoms with E-state index in [0.29, 0.717) is 28.7 Å². The third kappa shape index (κ3) is 7.13. The molecular weight excluding hydrogens is 440 g/mol. The highest BCUT2D eigenvalue weighted by Gasteiger charge is 2.28. The first-order valence-electron chi connectivity index (χ1n) is 13.1. The van der Waals surface area contributed by atoms with E-state index in [9.17, 15) is 9.59 Å². The first-order valence-corrected chi connectivity index (χ1v) is 13.1. The minimum atomic E-state index is -0.0249. The first kappa shape index (κ1) is 27.3. The smallest absolute Gasteiger partial charge is 0.190 e.